The second-order valence-electron chi connectivity index (χ2n) is 1.75. The summed E-state index contributed by atoms with van der Waals surface area (Å²) in [4.78, 5) is 16.9. The van der Waals surface area contributed by atoms with Gasteiger partial charge in [-0.1, -0.05) is 12.0 Å². The summed E-state index contributed by atoms with van der Waals surface area (Å²) in [5.41, 5.74) is 7.19. The van der Waals surface area contributed by atoms with Crippen LogP contribution in [0.4, 0.5) is 0 Å². The van der Waals surface area contributed by atoms with Gasteiger partial charge in [0.1, 0.15) is 5.70 Å². The number of guanidine groups is 1. The third-order valence-corrected chi connectivity index (χ3v) is 0.954. The molecule has 0 aromatic heterocycles. The van der Waals surface area contributed by atoms with E-state index < -0.39 is 5.03 Å². The lowest BCUT2D eigenvalue weighted by Crippen LogP contribution is -2.27. The Morgan fingerprint density at radius 3 is 2.64 bits per heavy atom. The van der Waals surface area contributed by atoms with Crippen molar-refractivity contribution in [2.45, 2.75) is 0 Å². The van der Waals surface area contributed by atoms with Crippen molar-refractivity contribution in [2.75, 3.05) is 0 Å². The molecule has 11 heavy (non-hydrogen) atoms. The van der Waals surface area contributed by atoms with Gasteiger partial charge in [0.25, 0.3) is 5.96 Å². The average Bonchev–Trinajstić information content (AvgIpc) is 2.10. The van der Waals surface area contributed by atoms with Crippen molar-refractivity contribution in [3.8, 4) is 0 Å². The molecule has 0 radical (unpaired) electrons. The first-order valence-electron chi connectivity index (χ1n) is 2.63. The molecule has 1 aliphatic heterocycles. The molecule has 0 aromatic rings. The third kappa shape index (κ3) is 1.51. The Morgan fingerprint density at radius 1 is 1.64 bits per heavy atom. The summed E-state index contributed by atoms with van der Waals surface area (Å²) < 4.78 is 0. The number of rotatable bonds is 1. The van der Waals surface area contributed by atoms with Crippen molar-refractivity contribution in [2.24, 2.45) is 15.7 Å². The lowest BCUT2D eigenvalue weighted by Gasteiger charge is -1.87. The summed E-state index contributed by atoms with van der Waals surface area (Å²) in [7, 11) is 0. The van der Waals surface area contributed by atoms with Crippen LogP contribution in [0.1, 0.15) is 0 Å². The highest BCUT2D eigenvalue weighted by atomic mass is 16.7. The van der Waals surface area contributed by atoms with Crippen molar-refractivity contribution in [3.05, 3.63) is 22.4 Å². The first kappa shape index (κ1) is 7.19. The van der Waals surface area contributed by atoms with Crippen LogP contribution in [-0.2, 0) is 0 Å². The number of nitro groups is 1. The molecule has 3 N–H and O–H groups in total. The lowest BCUT2D eigenvalue weighted by molar-refractivity contribution is -0.525. The number of hydrogen-bond acceptors (Lipinski definition) is 5. The maximum atomic E-state index is 9.84. The lowest BCUT2D eigenvalue weighted by atomic mass is 10.5. The van der Waals surface area contributed by atoms with E-state index in [-0.39, 0.29) is 17.5 Å². The molecule has 0 atom stereocenters. The molecule has 0 aromatic carbocycles. The summed E-state index contributed by atoms with van der Waals surface area (Å²) in [6.45, 7) is 3.39. The van der Waals surface area contributed by atoms with Gasteiger partial charge in [-0.25, -0.2) is 15.1 Å². The van der Waals surface area contributed by atoms with Crippen molar-refractivity contribution >= 4 is 11.8 Å². The Labute approximate surface area is 61.4 Å². The number of amidine groups is 1. The first-order valence-corrected chi connectivity index (χ1v) is 2.63. The van der Waals surface area contributed by atoms with Crippen LogP contribution in [0.2, 0.25) is 0 Å². The molecule has 0 bridgehead atoms. The molecular formula is C4H5N5O2. The number of nitrogens with one attached hydrogen (secondary N) is 1. The fourth-order valence-electron chi connectivity index (χ4n) is 0.520. The Hall–Kier alpha value is -1.92. The molecule has 0 fully saturated rings. The topological polar surface area (TPSA) is 106 Å². The van der Waals surface area contributed by atoms with Gasteiger partial charge in [-0.05, 0) is 0 Å². The van der Waals surface area contributed by atoms with Gasteiger partial charge in [0, 0.05) is 0 Å². The highest BCUT2D eigenvalue weighted by Gasteiger charge is 2.13. The van der Waals surface area contributed by atoms with Gasteiger partial charge >= 0.3 is 0 Å². The van der Waals surface area contributed by atoms with Gasteiger partial charge in [0.2, 0.25) is 0 Å². The minimum Gasteiger partial charge on any atom is -0.382 e. The van der Waals surface area contributed by atoms with Crippen molar-refractivity contribution in [3.63, 3.8) is 0 Å². The van der Waals surface area contributed by atoms with Crippen LogP contribution in [0, 0.1) is 10.1 Å². The molecule has 0 spiro atoms. The first-order chi connectivity index (χ1) is 5.09. The Kier molecular flexibility index (Phi) is 1.55. The SMILES string of the molecule is C=C1N=C(N[N+](=O)[O-])N=C1N. The normalized spacial score (nSPS) is 15.8. The van der Waals surface area contributed by atoms with E-state index in [1.54, 1.807) is 5.43 Å². The van der Waals surface area contributed by atoms with E-state index in [9.17, 15) is 10.1 Å². The maximum absolute atomic E-state index is 9.84. The Balaban J connectivity index is 2.71. The van der Waals surface area contributed by atoms with Gasteiger partial charge in [0.05, 0.1) is 0 Å². The molecule has 7 heteroatoms. The number of hydrazine groups is 1. The van der Waals surface area contributed by atoms with E-state index in [0.29, 0.717) is 0 Å². The Bertz CT molecular complexity index is 278. The highest BCUT2D eigenvalue weighted by molar-refractivity contribution is 6.09. The maximum Gasteiger partial charge on any atom is 0.287 e. The van der Waals surface area contributed by atoms with Crippen LogP contribution in [0.3, 0.4) is 0 Å². The number of aliphatic imine (C=N–C) groups is 2. The zero-order valence-electron chi connectivity index (χ0n) is 5.44. The largest absolute Gasteiger partial charge is 0.382 e. The Morgan fingerprint density at radius 2 is 2.27 bits per heavy atom. The molecule has 1 heterocycles. The van der Waals surface area contributed by atoms with Gasteiger partial charge in [0.15, 0.2) is 10.9 Å². The fraction of sp³-hybridized carbons (Fsp3) is 0. The van der Waals surface area contributed by atoms with E-state index in [2.05, 4.69) is 16.6 Å². The van der Waals surface area contributed by atoms with Crippen LogP contribution >= 0.6 is 0 Å². The third-order valence-electron chi connectivity index (χ3n) is 0.954. The monoisotopic (exact) mass is 155 g/mol. The van der Waals surface area contributed by atoms with Crippen LogP contribution in [0.25, 0.3) is 0 Å². The molecule has 0 saturated carbocycles. The van der Waals surface area contributed by atoms with Crippen molar-refractivity contribution < 1.29 is 5.03 Å². The molecule has 1 aliphatic rings. The standard InChI is InChI=1S/C4H5N5O2/c1-2-3(5)7-4(6-2)8-9(10)11/h1H2,(H3,5,6,7,8). The molecule has 1 rings (SSSR count). The summed E-state index contributed by atoms with van der Waals surface area (Å²) in [6.07, 6.45) is 0. The molecule has 58 valence electrons. The van der Waals surface area contributed by atoms with E-state index in [4.69, 9.17) is 5.73 Å². The van der Waals surface area contributed by atoms with Crippen LogP contribution < -0.4 is 11.2 Å². The minimum atomic E-state index is -0.770. The number of nitrogens with zero attached hydrogens (tertiary/aromatic N) is 3. The second kappa shape index (κ2) is 2.37. The smallest absolute Gasteiger partial charge is 0.287 e. The van der Waals surface area contributed by atoms with E-state index in [0.717, 1.165) is 0 Å². The van der Waals surface area contributed by atoms with Crippen molar-refractivity contribution in [1.82, 2.24) is 5.43 Å². The molecule has 7 nitrogen and oxygen atoms in total. The molecule has 0 amide bonds. The quantitative estimate of drug-likeness (QED) is 0.374. The van der Waals surface area contributed by atoms with Gasteiger partial charge in [-0.2, -0.15) is 4.99 Å². The summed E-state index contributed by atoms with van der Waals surface area (Å²) >= 11 is 0. The predicted molar refractivity (Wildman–Crippen MR) is 38.3 cm³/mol. The highest BCUT2D eigenvalue weighted by Crippen LogP contribution is 2.01. The van der Waals surface area contributed by atoms with Gasteiger partial charge in [-0.3, -0.25) is 0 Å². The van der Waals surface area contributed by atoms with Crippen LogP contribution in [-0.4, -0.2) is 16.8 Å². The van der Waals surface area contributed by atoms with E-state index in [1.807, 2.05) is 0 Å². The summed E-state index contributed by atoms with van der Waals surface area (Å²) in [5, 5.41) is 9.07. The van der Waals surface area contributed by atoms with Crippen LogP contribution in [0.15, 0.2) is 22.3 Å². The molecule has 0 saturated heterocycles. The molecule has 0 unspecified atom stereocenters. The molecular weight excluding hydrogens is 150 g/mol. The second-order valence-corrected chi connectivity index (χ2v) is 1.75. The predicted octanol–water partition coefficient (Wildman–Crippen LogP) is -0.992. The zero-order chi connectivity index (χ0) is 8.43. The van der Waals surface area contributed by atoms with Crippen molar-refractivity contribution in [1.29, 1.82) is 0 Å². The fourth-order valence-corrected chi connectivity index (χ4v) is 0.520. The number of hydrogen-bond donors (Lipinski definition) is 2. The summed E-state index contributed by atoms with van der Waals surface area (Å²) in [5.74, 6) is -0.0492. The van der Waals surface area contributed by atoms with E-state index in [1.165, 1.54) is 0 Å². The van der Waals surface area contributed by atoms with E-state index >= 15 is 0 Å². The zero-order valence-corrected chi connectivity index (χ0v) is 5.44. The van der Waals surface area contributed by atoms with Crippen LogP contribution in [0.5, 0.6) is 0 Å². The minimum absolute atomic E-state index is 0.0920. The van der Waals surface area contributed by atoms with Gasteiger partial charge in [-0.15, -0.1) is 0 Å². The number of nitrogens with two attached hydrogens (primary N) is 1. The van der Waals surface area contributed by atoms with Gasteiger partial charge < -0.3 is 5.73 Å². The molecule has 0 aliphatic carbocycles. The summed E-state index contributed by atoms with van der Waals surface area (Å²) in [6, 6.07) is 0. The average molecular weight is 155 g/mol.